The van der Waals surface area contributed by atoms with E-state index < -0.39 is 0 Å². The van der Waals surface area contributed by atoms with Crippen molar-refractivity contribution in [3.8, 4) is 0 Å². The Bertz CT molecular complexity index is 553. The zero-order valence-corrected chi connectivity index (χ0v) is 12.6. The highest BCUT2D eigenvalue weighted by atomic mass is 35.5. The summed E-state index contributed by atoms with van der Waals surface area (Å²) in [4.78, 5) is 0. The third-order valence-electron chi connectivity index (χ3n) is 3.41. The lowest BCUT2D eigenvalue weighted by Crippen LogP contribution is -2.16. The number of hydrogen-bond donors (Lipinski definition) is 1. The van der Waals surface area contributed by atoms with Gasteiger partial charge in [0.1, 0.15) is 0 Å². The van der Waals surface area contributed by atoms with Crippen LogP contribution in [-0.2, 0) is 0 Å². The predicted octanol–water partition coefficient (Wildman–Crippen LogP) is 4.70. The number of rotatable bonds is 3. The molecule has 19 heavy (non-hydrogen) atoms. The van der Waals surface area contributed by atoms with Crippen molar-refractivity contribution in [2.24, 2.45) is 5.73 Å². The van der Waals surface area contributed by atoms with Crippen LogP contribution < -0.4 is 5.73 Å². The molecule has 2 aromatic rings. The van der Waals surface area contributed by atoms with Gasteiger partial charge in [-0.15, -0.1) is 0 Å². The predicted molar refractivity (Wildman–Crippen MR) is 83.3 cm³/mol. The maximum Gasteiger partial charge on any atom is 0.0423 e. The standard InChI is InChI=1S/C16H17Cl2N/c1-10-4-3-5-11(2)16(10)15(9-19)12-6-13(17)8-14(18)7-12/h3-8,15H,9,19H2,1-2H3. The van der Waals surface area contributed by atoms with Crippen molar-refractivity contribution in [1.82, 2.24) is 0 Å². The summed E-state index contributed by atoms with van der Waals surface area (Å²) >= 11 is 12.2. The van der Waals surface area contributed by atoms with Gasteiger partial charge < -0.3 is 5.73 Å². The molecule has 1 atom stereocenters. The molecule has 0 fully saturated rings. The van der Waals surface area contributed by atoms with E-state index in [0.717, 1.165) is 5.56 Å². The minimum absolute atomic E-state index is 0.123. The third kappa shape index (κ3) is 3.11. The molecule has 0 amide bonds. The summed E-state index contributed by atoms with van der Waals surface area (Å²) in [5.41, 5.74) is 10.8. The number of hydrogen-bond acceptors (Lipinski definition) is 1. The van der Waals surface area contributed by atoms with Gasteiger partial charge in [-0.3, -0.25) is 0 Å². The molecule has 0 saturated carbocycles. The van der Waals surface area contributed by atoms with E-state index in [1.807, 2.05) is 12.1 Å². The van der Waals surface area contributed by atoms with E-state index in [2.05, 4.69) is 32.0 Å². The van der Waals surface area contributed by atoms with E-state index in [4.69, 9.17) is 28.9 Å². The molecule has 0 aliphatic carbocycles. The first-order valence-electron chi connectivity index (χ1n) is 6.25. The molecule has 100 valence electrons. The molecule has 1 unspecified atom stereocenters. The van der Waals surface area contributed by atoms with Crippen LogP contribution in [0.25, 0.3) is 0 Å². The Morgan fingerprint density at radius 1 is 1.00 bits per heavy atom. The van der Waals surface area contributed by atoms with Gasteiger partial charge in [0.15, 0.2) is 0 Å². The molecule has 3 heteroatoms. The fourth-order valence-corrected chi connectivity index (χ4v) is 3.12. The number of halogens is 2. The van der Waals surface area contributed by atoms with Gasteiger partial charge in [0.05, 0.1) is 0 Å². The van der Waals surface area contributed by atoms with E-state index in [0.29, 0.717) is 16.6 Å². The Balaban J connectivity index is 2.56. The summed E-state index contributed by atoms with van der Waals surface area (Å²) < 4.78 is 0. The van der Waals surface area contributed by atoms with Gasteiger partial charge in [-0.2, -0.15) is 0 Å². The maximum atomic E-state index is 6.09. The molecule has 0 aliphatic rings. The zero-order chi connectivity index (χ0) is 14.0. The lowest BCUT2D eigenvalue weighted by atomic mass is 9.86. The largest absolute Gasteiger partial charge is 0.330 e. The molecular weight excluding hydrogens is 277 g/mol. The van der Waals surface area contributed by atoms with E-state index >= 15 is 0 Å². The molecule has 0 bridgehead atoms. The highest BCUT2D eigenvalue weighted by Crippen LogP contribution is 2.32. The Morgan fingerprint density at radius 3 is 2.00 bits per heavy atom. The normalized spacial score (nSPS) is 12.5. The summed E-state index contributed by atoms with van der Waals surface area (Å²) in [7, 11) is 0. The van der Waals surface area contributed by atoms with Gasteiger partial charge in [0.2, 0.25) is 0 Å². The summed E-state index contributed by atoms with van der Waals surface area (Å²) in [6, 6.07) is 11.9. The van der Waals surface area contributed by atoms with Gasteiger partial charge in [-0.25, -0.2) is 0 Å². The molecule has 2 rings (SSSR count). The van der Waals surface area contributed by atoms with Crippen molar-refractivity contribution in [2.45, 2.75) is 19.8 Å². The zero-order valence-electron chi connectivity index (χ0n) is 11.1. The van der Waals surface area contributed by atoms with Crippen LogP contribution >= 0.6 is 23.2 Å². The van der Waals surface area contributed by atoms with Gasteiger partial charge in [-0.1, -0.05) is 41.4 Å². The van der Waals surface area contributed by atoms with E-state index in [1.54, 1.807) is 6.07 Å². The van der Waals surface area contributed by atoms with Crippen molar-refractivity contribution in [2.75, 3.05) is 6.54 Å². The third-order valence-corrected chi connectivity index (χ3v) is 3.85. The van der Waals surface area contributed by atoms with E-state index in [9.17, 15) is 0 Å². The fraction of sp³-hybridized carbons (Fsp3) is 0.250. The van der Waals surface area contributed by atoms with Crippen LogP contribution in [0.2, 0.25) is 10.0 Å². The van der Waals surface area contributed by atoms with Gasteiger partial charge in [-0.05, 0) is 54.3 Å². The molecular formula is C16H17Cl2N. The Kier molecular flexibility index (Phi) is 4.51. The smallest absolute Gasteiger partial charge is 0.0423 e. The van der Waals surface area contributed by atoms with Gasteiger partial charge in [0, 0.05) is 22.5 Å². The van der Waals surface area contributed by atoms with Gasteiger partial charge in [0.25, 0.3) is 0 Å². The molecule has 2 N–H and O–H groups in total. The number of aryl methyl sites for hydroxylation is 2. The highest BCUT2D eigenvalue weighted by molar-refractivity contribution is 6.34. The topological polar surface area (TPSA) is 26.0 Å². The van der Waals surface area contributed by atoms with Crippen LogP contribution in [0.1, 0.15) is 28.2 Å². The average Bonchev–Trinajstić information content (AvgIpc) is 2.32. The van der Waals surface area contributed by atoms with Crippen molar-refractivity contribution >= 4 is 23.2 Å². The summed E-state index contributed by atoms with van der Waals surface area (Å²) in [5, 5.41) is 1.29. The lowest BCUT2D eigenvalue weighted by molar-refractivity contribution is 0.805. The first kappa shape index (κ1) is 14.4. The van der Waals surface area contributed by atoms with Crippen LogP contribution in [0.15, 0.2) is 36.4 Å². The second kappa shape index (κ2) is 5.96. The van der Waals surface area contributed by atoms with Crippen LogP contribution in [0.5, 0.6) is 0 Å². The van der Waals surface area contributed by atoms with Crippen LogP contribution in [0.4, 0.5) is 0 Å². The molecule has 0 spiro atoms. The van der Waals surface area contributed by atoms with Crippen molar-refractivity contribution in [3.63, 3.8) is 0 Å². The Labute approximate surface area is 124 Å². The summed E-state index contributed by atoms with van der Waals surface area (Å²) in [6.07, 6.45) is 0. The lowest BCUT2D eigenvalue weighted by Gasteiger charge is -2.21. The average molecular weight is 294 g/mol. The van der Waals surface area contributed by atoms with Crippen LogP contribution in [0.3, 0.4) is 0 Å². The van der Waals surface area contributed by atoms with Crippen LogP contribution in [-0.4, -0.2) is 6.54 Å². The van der Waals surface area contributed by atoms with Crippen molar-refractivity contribution < 1.29 is 0 Å². The Hall–Kier alpha value is -1.02. The minimum Gasteiger partial charge on any atom is -0.330 e. The van der Waals surface area contributed by atoms with Crippen molar-refractivity contribution in [1.29, 1.82) is 0 Å². The highest BCUT2D eigenvalue weighted by Gasteiger charge is 2.17. The molecule has 0 aliphatic heterocycles. The Morgan fingerprint density at radius 2 is 1.53 bits per heavy atom. The van der Waals surface area contributed by atoms with E-state index in [-0.39, 0.29) is 5.92 Å². The number of nitrogens with two attached hydrogens (primary N) is 1. The summed E-state index contributed by atoms with van der Waals surface area (Å²) in [5.74, 6) is 0.123. The molecule has 0 saturated heterocycles. The summed E-state index contributed by atoms with van der Waals surface area (Å²) in [6.45, 7) is 4.75. The SMILES string of the molecule is Cc1cccc(C)c1C(CN)c1cc(Cl)cc(Cl)c1. The van der Waals surface area contributed by atoms with Gasteiger partial charge >= 0.3 is 0 Å². The fourth-order valence-electron chi connectivity index (χ4n) is 2.57. The quantitative estimate of drug-likeness (QED) is 0.872. The molecule has 1 nitrogen and oxygen atoms in total. The second-order valence-electron chi connectivity index (χ2n) is 4.80. The molecule has 2 aromatic carbocycles. The van der Waals surface area contributed by atoms with E-state index in [1.165, 1.54) is 16.7 Å². The monoisotopic (exact) mass is 293 g/mol. The van der Waals surface area contributed by atoms with Crippen molar-refractivity contribution in [3.05, 3.63) is 68.7 Å². The minimum atomic E-state index is 0.123. The molecule has 0 heterocycles. The first-order chi connectivity index (χ1) is 9.02. The molecule has 0 aromatic heterocycles. The first-order valence-corrected chi connectivity index (χ1v) is 7.00. The molecule has 0 radical (unpaired) electrons. The van der Waals surface area contributed by atoms with Crippen LogP contribution in [0, 0.1) is 13.8 Å². The second-order valence-corrected chi connectivity index (χ2v) is 5.67. The number of benzene rings is 2. The maximum absolute atomic E-state index is 6.09.